The summed E-state index contributed by atoms with van der Waals surface area (Å²) in [6.07, 6.45) is 0.601. The summed E-state index contributed by atoms with van der Waals surface area (Å²) < 4.78 is 5.24. The minimum Gasteiger partial charge on any atom is -0.508 e. The summed E-state index contributed by atoms with van der Waals surface area (Å²) in [6.45, 7) is 2.50. The highest BCUT2D eigenvalue weighted by molar-refractivity contribution is 7.79. The fourth-order valence-electron chi connectivity index (χ4n) is 0.984. The van der Waals surface area contributed by atoms with Gasteiger partial charge in [0.05, 0.1) is 0 Å². The summed E-state index contributed by atoms with van der Waals surface area (Å²) in [7, 11) is -0.977. The molecule has 0 bridgehead atoms. The van der Waals surface area contributed by atoms with E-state index in [2.05, 4.69) is 0 Å². The van der Waals surface area contributed by atoms with E-state index in [4.69, 9.17) is 32.5 Å². The van der Waals surface area contributed by atoms with Crippen LogP contribution < -0.4 is 0 Å². The van der Waals surface area contributed by atoms with Gasteiger partial charge in [-0.05, 0) is 24.6 Å². The Bertz CT molecular complexity index is 307. The average Bonchev–Trinajstić information content (AvgIpc) is 2.10. The van der Waals surface area contributed by atoms with Crippen molar-refractivity contribution < 1.29 is 9.63 Å². The summed E-state index contributed by atoms with van der Waals surface area (Å²) in [5, 5.41) is 9.66. The first-order chi connectivity index (χ1) is 6.63. The molecule has 1 aromatic carbocycles. The maximum Gasteiger partial charge on any atom is 0.128 e. The van der Waals surface area contributed by atoms with E-state index in [1.165, 1.54) is 6.07 Å². The lowest BCUT2D eigenvalue weighted by atomic mass is 10.2. The van der Waals surface area contributed by atoms with E-state index in [-0.39, 0.29) is 5.75 Å². The number of phenols is 1. The van der Waals surface area contributed by atoms with Crippen molar-refractivity contribution in [3.05, 3.63) is 28.8 Å². The predicted molar refractivity (Wildman–Crippen MR) is 61.2 cm³/mol. The second kappa shape index (κ2) is 5.77. The smallest absolute Gasteiger partial charge is 0.128 e. The number of aromatic hydroxyl groups is 1. The number of hydrogen-bond donors (Lipinski definition) is 1. The van der Waals surface area contributed by atoms with Crippen molar-refractivity contribution in [3.8, 4) is 5.75 Å². The van der Waals surface area contributed by atoms with Crippen LogP contribution in [0.1, 0.15) is 12.5 Å². The van der Waals surface area contributed by atoms with Gasteiger partial charge in [0.1, 0.15) is 13.3 Å². The first-order valence-electron chi connectivity index (χ1n) is 4.17. The van der Waals surface area contributed by atoms with Crippen molar-refractivity contribution in [3.63, 3.8) is 0 Å². The van der Waals surface area contributed by atoms with Crippen LogP contribution in [-0.2, 0) is 10.7 Å². The van der Waals surface area contributed by atoms with Crippen LogP contribution in [0, 0.1) is 0 Å². The highest BCUT2D eigenvalue weighted by Gasteiger charge is 2.09. The molecule has 1 atom stereocenters. The molecule has 1 aromatic rings. The second-order valence-electron chi connectivity index (χ2n) is 2.67. The maximum atomic E-state index is 9.13. The third-order valence-electron chi connectivity index (χ3n) is 1.60. The molecule has 0 spiro atoms. The van der Waals surface area contributed by atoms with Crippen LogP contribution in [0.4, 0.5) is 0 Å². The first-order valence-corrected chi connectivity index (χ1v) is 6.90. The van der Waals surface area contributed by atoms with Gasteiger partial charge >= 0.3 is 0 Å². The Morgan fingerprint density at radius 2 is 2.21 bits per heavy atom. The molecule has 1 unspecified atom stereocenters. The van der Waals surface area contributed by atoms with Gasteiger partial charge in [-0.2, -0.15) is 0 Å². The van der Waals surface area contributed by atoms with Crippen molar-refractivity contribution in [1.29, 1.82) is 0 Å². The largest absolute Gasteiger partial charge is 0.508 e. The van der Waals surface area contributed by atoms with Crippen LogP contribution in [0.25, 0.3) is 0 Å². The van der Waals surface area contributed by atoms with Gasteiger partial charge in [-0.15, -0.1) is 0 Å². The molecule has 0 amide bonds. The molecular formula is C9H11Cl2O2P. The van der Waals surface area contributed by atoms with Gasteiger partial charge < -0.3 is 9.63 Å². The molecule has 0 radical (unpaired) electrons. The Morgan fingerprint density at radius 3 is 2.79 bits per heavy atom. The van der Waals surface area contributed by atoms with Crippen molar-refractivity contribution in [2.45, 2.75) is 13.1 Å². The molecule has 0 aliphatic heterocycles. The second-order valence-corrected chi connectivity index (χ2v) is 5.42. The number of halogens is 2. The molecular weight excluding hydrogens is 242 g/mol. The lowest BCUT2D eigenvalue weighted by Gasteiger charge is -2.09. The van der Waals surface area contributed by atoms with Crippen molar-refractivity contribution in [2.24, 2.45) is 0 Å². The molecule has 5 heteroatoms. The minimum atomic E-state index is -0.977. The van der Waals surface area contributed by atoms with Crippen LogP contribution in [0.5, 0.6) is 5.75 Å². The molecule has 0 aliphatic rings. The van der Waals surface area contributed by atoms with Gasteiger partial charge in [-0.1, -0.05) is 28.9 Å². The van der Waals surface area contributed by atoms with Crippen LogP contribution in [0.3, 0.4) is 0 Å². The van der Waals surface area contributed by atoms with E-state index < -0.39 is 7.50 Å². The third-order valence-corrected chi connectivity index (χ3v) is 3.73. The van der Waals surface area contributed by atoms with Crippen molar-refractivity contribution in [1.82, 2.24) is 0 Å². The molecule has 14 heavy (non-hydrogen) atoms. The highest BCUT2D eigenvalue weighted by Crippen LogP contribution is 2.47. The van der Waals surface area contributed by atoms with Gasteiger partial charge in [0.2, 0.25) is 0 Å². The SMILES string of the molecule is CCOP(Cl)Cc1ccc(O)cc1Cl. The van der Waals surface area contributed by atoms with E-state index in [0.29, 0.717) is 17.8 Å². The minimum absolute atomic E-state index is 0.161. The Hall–Kier alpha value is -0.0100. The Morgan fingerprint density at radius 1 is 1.50 bits per heavy atom. The monoisotopic (exact) mass is 252 g/mol. The van der Waals surface area contributed by atoms with E-state index in [1.54, 1.807) is 12.1 Å². The number of phenolic OH excluding ortho intramolecular Hbond substituents is 1. The summed E-state index contributed by atoms with van der Waals surface area (Å²) in [5.74, 6) is 0.161. The predicted octanol–water partition coefficient (Wildman–Crippen LogP) is 4.13. The van der Waals surface area contributed by atoms with Gasteiger partial charge in [-0.25, -0.2) is 0 Å². The quantitative estimate of drug-likeness (QED) is 0.817. The van der Waals surface area contributed by atoms with Crippen LogP contribution in [0.15, 0.2) is 18.2 Å². The molecule has 0 saturated carbocycles. The summed E-state index contributed by atoms with van der Waals surface area (Å²) in [5.41, 5.74) is 0.902. The zero-order valence-electron chi connectivity index (χ0n) is 7.70. The Kier molecular flexibility index (Phi) is 4.97. The Balaban J connectivity index is 2.67. The molecule has 78 valence electrons. The van der Waals surface area contributed by atoms with E-state index >= 15 is 0 Å². The van der Waals surface area contributed by atoms with Gasteiger partial charge in [-0.3, -0.25) is 0 Å². The number of hydrogen-bond acceptors (Lipinski definition) is 2. The van der Waals surface area contributed by atoms with Gasteiger partial charge in [0, 0.05) is 17.8 Å². The lowest BCUT2D eigenvalue weighted by molar-refractivity contribution is 0.385. The van der Waals surface area contributed by atoms with Crippen molar-refractivity contribution in [2.75, 3.05) is 6.61 Å². The average molecular weight is 253 g/mol. The van der Waals surface area contributed by atoms with E-state index in [9.17, 15) is 0 Å². The Labute approximate surface area is 94.4 Å². The fraction of sp³-hybridized carbons (Fsp3) is 0.333. The number of benzene rings is 1. The normalized spacial score (nSPS) is 12.8. The maximum absolute atomic E-state index is 9.13. The highest BCUT2D eigenvalue weighted by atomic mass is 35.7. The molecule has 0 aliphatic carbocycles. The lowest BCUT2D eigenvalue weighted by Crippen LogP contribution is -1.86. The van der Waals surface area contributed by atoms with E-state index in [1.807, 2.05) is 6.92 Å². The topological polar surface area (TPSA) is 29.5 Å². The molecule has 0 saturated heterocycles. The fourth-order valence-corrected chi connectivity index (χ4v) is 2.91. The standard InChI is InChI=1S/C9H11Cl2O2P/c1-2-13-14(11)6-7-3-4-8(12)5-9(7)10/h3-5,12H,2,6H2,1H3. The van der Waals surface area contributed by atoms with Gasteiger partial charge in [0.15, 0.2) is 0 Å². The van der Waals surface area contributed by atoms with E-state index in [0.717, 1.165) is 5.56 Å². The van der Waals surface area contributed by atoms with Crippen LogP contribution in [-0.4, -0.2) is 11.7 Å². The molecule has 1 rings (SSSR count). The first kappa shape index (κ1) is 12.1. The number of rotatable bonds is 4. The van der Waals surface area contributed by atoms with Crippen LogP contribution >= 0.6 is 30.3 Å². The van der Waals surface area contributed by atoms with Crippen LogP contribution in [0.2, 0.25) is 5.02 Å². The zero-order valence-corrected chi connectivity index (χ0v) is 10.1. The van der Waals surface area contributed by atoms with Gasteiger partial charge in [0.25, 0.3) is 0 Å². The summed E-state index contributed by atoms with van der Waals surface area (Å²) in [4.78, 5) is 0. The third kappa shape index (κ3) is 3.62. The zero-order chi connectivity index (χ0) is 10.6. The molecule has 1 N–H and O–H groups in total. The molecule has 0 heterocycles. The molecule has 0 aromatic heterocycles. The summed E-state index contributed by atoms with van der Waals surface area (Å²) >= 11 is 11.9. The van der Waals surface area contributed by atoms with Crippen molar-refractivity contribution >= 4 is 30.3 Å². The summed E-state index contributed by atoms with van der Waals surface area (Å²) in [6, 6.07) is 4.85. The molecule has 0 fully saturated rings. The molecule has 2 nitrogen and oxygen atoms in total.